The summed E-state index contributed by atoms with van der Waals surface area (Å²) in [6.07, 6.45) is 0. The minimum Gasteiger partial charge on any atom is -0.337 e. The molecule has 0 saturated heterocycles. The van der Waals surface area contributed by atoms with Crippen molar-refractivity contribution in [2.45, 2.75) is 6.54 Å². The molecular weight excluding hydrogens is 437 g/mol. The van der Waals surface area contributed by atoms with E-state index in [-0.39, 0.29) is 15.7 Å². The van der Waals surface area contributed by atoms with Gasteiger partial charge in [-0.3, -0.25) is 14.2 Å². The predicted molar refractivity (Wildman–Crippen MR) is 122 cm³/mol. The predicted octanol–water partition coefficient (Wildman–Crippen LogP) is 5.11. The van der Waals surface area contributed by atoms with Gasteiger partial charge in [-0.2, -0.15) is 0 Å². The number of carbonyl (C=O) groups is 1. The molecule has 31 heavy (non-hydrogen) atoms. The number of halogens is 2. The van der Waals surface area contributed by atoms with Crippen molar-refractivity contribution in [3.63, 3.8) is 0 Å². The summed E-state index contributed by atoms with van der Waals surface area (Å²) in [6, 6.07) is 18.4. The number of benzene rings is 3. The van der Waals surface area contributed by atoms with E-state index in [1.807, 2.05) is 30.3 Å². The van der Waals surface area contributed by atoms with Crippen molar-refractivity contribution in [3.8, 4) is 5.69 Å². The summed E-state index contributed by atoms with van der Waals surface area (Å²) in [4.78, 5) is 30.5. The third-order valence-corrected chi connectivity index (χ3v) is 5.49. The van der Waals surface area contributed by atoms with Crippen molar-refractivity contribution in [1.29, 1.82) is 0 Å². The van der Waals surface area contributed by atoms with E-state index in [4.69, 9.17) is 23.8 Å². The zero-order chi connectivity index (χ0) is 22.1. The van der Waals surface area contributed by atoms with E-state index < -0.39 is 11.4 Å². The molecule has 0 atom stereocenters. The quantitative estimate of drug-likeness (QED) is 0.437. The summed E-state index contributed by atoms with van der Waals surface area (Å²) in [5.74, 6) is -0.767. The van der Waals surface area contributed by atoms with Gasteiger partial charge in [0.2, 0.25) is 0 Å². The van der Waals surface area contributed by atoms with Crippen LogP contribution in [0, 0.1) is 10.6 Å². The molecule has 0 aliphatic rings. The van der Waals surface area contributed by atoms with Crippen molar-refractivity contribution in [2.24, 2.45) is 0 Å². The lowest BCUT2D eigenvalue weighted by atomic mass is 10.1. The molecule has 0 saturated carbocycles. The number of rotatable bonds is 4. The molecule has 1 heterocycles. The number of hydrogen-bond donors (Lipinski definition) is 1. The number of amides is 1. The van der Waals surface area contributed by atoms with Crippen molar-refractivity contribution in [1.82, 2.24) is 14.5 Å². The van der Waals surface area contributed by atoms with Gasteiger partial charge in [-0.25, -0.2) is 4.39 Å². The Labute approximate surface area is 187 Å². The number of aromatic amines is 1. The van der Waals surface area contributed by atoms with E-state index in [2.05, 4.69) is 4.98 Å². The Morgan fingerprint density at radius 3 is 2.58 bits per heavy atom. The summed E-state index contributed by atoms with van der Waals surface area (Å²) >= 11 is 11.2. The lowest BCUT2D eigenvalue weighted by Gasteiger charge is -2.17. The molecule has 8 heteroatoms. The molecule has 0 radical (unpaired) electrons. The molecule has 4 aromatic rings. The second-order valence-corrected chi connectivity index (χ2v) is 7.87. The molecule has 1 N–H and O–H groups in total. The number of nitrogens with zero attached hydrogens (tertiary/aromatic N) is 2. The van der Waals surface area contributed by atoms with Gasteiger partial charge >= 0.3 is 0 Å². The van der Waals surface area contributed by atoms with Crippen LogP contribution in [0.4, 0.5) is 4.39 Å². The number of H-pyrrole nitrogens is 1. The molecule has 4 rings (SSSR count). The molecule has 0 aliphatic heterocycles. The van der Waals surface area contributed by atoms with E-state index in [0.29, 0.717) is 28.7 Å². The van der Waals surface area contributed by atoms with Crippen LogP contribution in [0.5, 0.6) is 0 Å². The summed E-state index contributed by atoms with van der Waals surface area (Å²) in [5, 5.41) is 0.234. The van der Waals surface area contributed by atoms with Crippen LogP contribution < -0.4 is 5.56 Å². The van der Waals surface area contributed by atoms with Crippen LogP contribution in [0.2, 0.25) is 5.02 Å². The molecule has 0 spiro atoms. The van der Waals surface area contributed by atoms with Crippen LogP contribution in [0.25, 0.3) is 16.6 Å². The van der Waals surface area contributed by atoms with Gasteiger partial charge in [0.25, 0.3) is 11.5 Å². The molecule has 0 aliphatic carbocycles. The molecular formula is C23H17ClFN3O2S. The Morgan fingerprint density at radius 2 is 1.87 bits per heavy atom. The van der Waals surface area contributed by atoms with E-state index in [9.17, 15) is 14.0 Å². The van der Waals surface area contributed by atoms with Gasteiger partial charge < -0.3 is 9.88 Å². The highest BCUT2D eigenvalue weighted by atomic mass is 35.5. The molecule has 156 valence electrons. The fourth-order valence-electron chi connectivity index (χ4n) is 3.36. The van der Waals surface area contributed by atoms with E-state index in [1.54, 1.807) is 30.1 Å². The fraction of sp³-hybridized carbons (Fsp3) is 0.0870. The Bertz CT molecular complexity index is 1420. The van der Waals surface area contributed by atoms with Gasteiger partial charge in [0.1, 0.15) is 5.82 Å². The van der Waals surface area contributed by atoms with Gasteiger partial charge in [0, 0.05) is 19.2 Å². The summed E-state index contributed by atoms with van der Waals surface area (Å²) in [5.41, 5.74) is 1.84. The maximum absolute atomic E-state index is 13.5. The van der Waals surface area contributed by atoms with Crippen LogP contribution in [-0.2, 0) is 6.54 Å². The van der Waals surface area contributed by atoms with Crippen LogP contribution in [-0.4, -0.2) is 27.4 Å². The van der Waals surface area contributed by atoms with Gasteiger partial charge in [0.05, 0.1) is 21.6 Å². The van der Waals surface area contributed by atoms with Crippen LogP contribution in [0.1, 0.15) is 15.9 Å². The first kappa shape index (κ1) is 21.0. The van der Waals surface area contributed by atoms with Crippen LogP contribution in [0.15, 0.2) is 71.5 Å². The van der Waals surface area contributed by atoms with Crippen molar-refractivity contribution in [3.05, 3.63) is 104 Å². The Morgan fingerprint density at radius 1 is 1.13 bits per heavy atom. The third-order valence-electron chi connectivity index (χ3n) is 4.92. The second-order valence-electron chi connectivity index (χ2n) is 7.08. The van der Waals surface area contributed by atoms with Crippen LogP contribution in [0.3, 0.4) is 0 Å². The van der Waals surface area contributed by atoms with Gasteiger partial charge in [-0.05, 0) is 54.2 Å². The molecule has 1 aromatic heterocycles. The van der Waals surface area contributed by atoms with E-state index >= 15 is 0 Å². The molecule has 0 unspecified atom stereocenters. The normalized spacial score (nSPS) is 10.9. The average Bonchev–Trinajstić information content (AvgIpc) is 2.76. The Balaban J connectivity index is 1.72. The van der Waals surface area contributed by atoms with Crippen molar-refractivity contribution >= 4 is 40.6 Å². The second kappa shape index (κ2) is 8.45. The lowest BCUT2D eigenvalue weighted by Crippen LogP contribution is -2.26. The largest absolute Gasteiger partial charge is 0.337 e. The average molecular weight is 454 g/mol. The Kier molecular flexibility index (Phi) is 5.71. The first-order valence-corrected chi connectivity index (χ1v) is 10.2. The monoisotopic (exact) mass is 453 g/mol. The highest BCUT2D eigenvalue weighted by Crippen LogP contribution is 2.20. The van der Waals surface area contributed by atoms with Gasteiger partial charge in [-0.1, -0.05) is 41.9 Å². The zero-order valence-corrected chi connectivity index (χ0v) is 18.0. The molecule has 0 bridgehead atoms. The highest BCUT2D eigenvalue weighted by molar-refractivity contribution is 7.71. The SMILES string of the molecule is CN(Cc1ccccc1)C(=O)c1ccc2c(=O)n(-c3ccc(F)c(Cl)c3)c(=S)[nH]c2c1. The number of hydrogen-bond acceptors (Lipinski definition) is 3. The smallest absolute Gasteiger partial charge is 0.266 e. The maximum atomic E-state index is 13.5. The summed E-state index contributed by atoms with van der Waals surface area (Å²) in [7, 11) is 1.72. The Hall–Kier alpha value is -3.29. The maximum Gasteiger partial charge on any atom is 0.266 e. The van der Waals surface area contributed by atoms with E-state index in [1.165, 1.54) is 22.8 Å². The van der Waals surface area contributed by atoms with Gasteiger partial charge in [0.15, 0.2) is 4.77 Å². The van der Waals surface area contributed by atoms with Crippen molar-refractivity contribution in [2.75, 3.05) is 7.05 Å². The summed E-state index contributed by atoms with van der Waals surface area (Å²) in [6.45, 7) is 0.459. The number of carbonyl (C=O) groups excluding carboxylic acids is 1. The molecule has 3 aromatic carbocycles. The van der Waals surface area contributed by atoms with E-state index in [0.717, 1.165) is 5.56 Å². The van der Waals surface area contributed by atoms with Crippen LogP contribution >= 0.6 is 23.8 Å². The molecule has 5 nitrogen and oxygen atoms in total. The minimum absolute atomic E-state index is 0.110. The highest BCUT2D eigenvalue weighted by Gasteiger charge is 2.15. The first-order valence-electron chi connectivity index (χ1n) is 9.39. The lowest BCUT2D eigenvalue weighted by molar-refractivity contribution is 0.0785. The number of nitrogens with one attached hydrogen (secondary N) is 1. The summed E-state index contributed by atoms with van der Waals surface area (Å²) < 4.78 is 14.9. The third kappa shape index (κ3) is 4.15. The standard InChI is InChI=1S/C23H17ClFN3O2S/c1-27(13-14-5-3-2-4-6-14)21(29)15-7-9-17-20(11-15)26-23(31)28(22(17)30)16-8-10-19(25)18(24)12-16/h2-12H,13H2,1H3,(H,26,31). The molecule has 1 amide bonds. The number of aromatic nitrogens is 2. The molecule has 0 fully saturated rings. The number of fused-ring (bicyclic) bond motifs is 1. The van der Waals surface area contributed by atoms with Gasteiger partial charge in [-0.15, -0.1) is 0 Å². The topological polar surface area (TPSA) is 58.1 Å². The minimum atomic E-state index is -0.586. The van der Waals surface area contributed by atoms with Crippen molar-refractivity contribution < 1.29 is 9.18 Å². The fourth-order valence-corrected chi connectivity index (χ4v) is 3.83. The zero-order valence-electron chi connectivity index (χ0n) is 16.4. The first-order chi connectivity index (χ1) is 14.8.